The molecule has 0 aromatic carbocycles. The second-order valence-corrected chi connectivity index (χ2v) is 7.40. The van der Waals surface area contributed by atoms with Gasteiger partial charge in [-0.1, -0.05) is 32.4 Å². The molecule has 2 heteroatoms. The molecule has 0 spiro atoms. The molecule has 0 bridgehead atoms. The number of nitriles is 1. The van der Waals surface area contributed by atoms with Gasteiger partial charge in [0.15, 0.2) is 0 Å². The molecule has 1 nitrogen and oxygen atoms in total. The van der Waals surface area contributed by atoms with E-state index in [1.54, 1.807) is 0 Å². The molecular formula is C9H17NSi. The molecular weight excluding hydrogens is 150 g/mol. The largest absolute Gasteiger partial charge is 0.198 e. The monoisotopic (exact) mass is 167 g/mol. The van der Waals surface area contributed by atoms with Crippen LogP contribution in [0.3, 0.4) is 0 Å². The first-order valence-electron chi connectivity index (χ1n) is 4.62. The quantitative estimate of drug-likeness (QED) is 0.551. The summed E-state index contributed by atoms with van der Waals surface area (Å²) >= 11 is 0. The third kappa shape index (κ3) is 1.65. The van der Waals surface area contributed by atoms with E-state index in [4.69, 9.17) is 5.26 Å². The predicted octanol–water partition coefficient (Wildman–Crippen LogP) is 2.70. The van der Waals surface area contributed by atoms with Crippen LogP contribution in [0.5, 0.6) is 0 Å². The lowest BCUT2D eigenvalue weighted by atomic mass is 9.89. The average Bonchev–Trinajstić information content (AvgIpc) is 2.05. The molecule has 0 atom stereocenters. The maximum absolute atomic E-state index is 9.10. The molecule has 1 aliphatic rings. The van der Waals surface area contributed by atoms with Gasteiger partial charge in [0.05, 0.1) is 14.9 Å². The Hall–Kier alpha value is -0.293. The summed E-state index contributed by atoms with van der Waals surface area (Å²) in [6, 6.07) is 2.58. The Balaban J connectivity index is 2.67. The van der Waals surface area contributed by atoms with Crippen LogP contribution in [0.1, 0.15) is 32.1 Å². The molecule has 0 radical (unpaired) electrons. The smallest absolute Gasteiger partial charge is 0.0653 e. The Bertz CT molecular complexity index is 163. The summed E-state index contributed by atoms with van der Waals surface area (Å²) < 4.78 is 0. The van der Waals surface area contributed by atoms with Crippen molar-refractivity contribution < 1.29 is 0 Å². The van der Waals surface area contributed by atoms with Crippen molar-refractivity contribution in [1.29, 1.82) is 5.26 Å². The van der Waals surface area contributed by atoms with E-state index in [2.05, 4.69) is 19.2 Å². The molecule has 0 saturated heterocycles. The first-order valence-corrected chi connectivity index (χ1v) is 7.51. The van der Waals surface area contributed by atoms with Crippen LogP contribution >= 0.6 is 0 Å². The van der Waals surface area contributed by atoms with E-state index in [1.165, 1.54) is 32.1 Å². The van der Waals surface area contributed by atoms with Crippen LogP contribution in [-0.2, 0) is 0 Å². The first kappa shape index (κ1) is 8.80. The minimum absolute atomic E-state index is 0.165. The van der Waals surface area contributed by atoms with Gasteiger partial charge in [-0.25, -0.2) is 0 Å². The highest BCUT2D eigenvalue weighted by molar-refractivity contribution is 6.60. The van der Waals surface area contributed by atoms with Gasteiger partial charge in [0.1, 0.15) is 0 Å². The molecule has 1 aliphatic carbocycles. The van der Waals surface area contributed by atoms with Gasteiger partial charge in [0.2, 0.25) is 0 Å². The van der Waals surface area contributed by atoms with E-state index < -0.39 is 8.80 Å². The molecule has 1 saturated carbocycles. The zero-order valence-corrected chi connectivity index (χ0v) is 8.71. The van der Waals surface area contributed by atoms with Crippen molar-refractivity contribution in [2.24, 2.45) is 0 Å². The minimum Gasteiger partial charge on any atom is -0.198 e. The van der Waals surface area contributed by atoms with Crippen LogP contribution in [0.4, 0.5) is 0 Å². The van der Waals surface area contributed by atoms with Crippen molar-refractivity contribution in [2.45, 2.75) is 50.2 Å². The van der Waals surface area contributed by atoms with Gasteiger partial charge in [-0.2, -0.15) is 5.26 Å². The van der Waals surface area contributed by atoms with Crippen LogP contribution in [0.25, 0.3) is 0 Å². The second-order valence-electron chi connectivity index (χ2n) is 3.98. The summed E-state index contributed by atoms with van der Waals surface area (Å²) in [6.07, 6.45) is 6.31. The lowest BCUT2D eigenvalue weighted by Crippen LogP contribution is -2.28. The Morgan fingerprint density at radius 3 is 2.00 bits per heavy atom. The van der Waals surface area contributed by atoms with Gasteiger partial charge in [-0.05, 0) is 12.8 Å². The molecule has 0 amide bonds. The van der Waals surface area contributed by atoms with Crippen molar-refractivity contribution in [3.05, 3.63) is 0 Å². The number of hydrogen-bond donors (Lipinski definition) is 0. The lowest BCUT2D eigenvalue weighted by Gasteiger charge is -2.33. The topological polar surface area (TPSA) is 23.8 Å². The fourth-order valence-corrected chi connectivity index (χ4v) is 3.82. The van der Waals surface area contributed by atoms with Crippen LogP contribution < -0.4 is 0 Å². The maximum Gasteiger partial charge on any atom is 0.0653 e. The van der Waals surface area contributed by atoms with Crippen molar-refractivity contribution in [3.8, 4) is 6.07 Å². The molecule has 0 aromatic heterocycles. The van der Waals surface area contributed by atoms with E-state index in [0.717, 1.165) is 0 Å². The fraction of sp³-hybridized carbons (Fsp3) is 0.889. The molecule has 62 valence electrons. The van der Waals surface area contributed by atoms with Crippen LogP contribution in [0.15, 0.2) is 0 Å². The summed E-state index contributed by atoms with van der Waals surface area (Å²) in [5.74, 6) is 0. The summed E-state index contributed by atoms with van der Waals surface area (Å²) in [5, 5.41) is 9.26. The first-order chi connectivity index (χ1) is 5.21. The third-order valence-corrected chi connectivity index (χ3v) is 5.99. The number of nitrogens with zero attached hydrogens (tertiary/aromatic N) is 1. The SMILES string of the molecule is C[SiH](C)C1(C#N)CCCCC1. The van der Waals surface area contributed by atoms with E-state index in [-0.39, 0.29) is 5.04 Å². The molecule has 0 N–H and O–H groups in total. The van der Waals surface area contributed by atoms with Crippen LogP contribution in [0.2, 0.25) is 18.1 Å². The molecule has 0 heterocycles. The van der Waals surface area contributed by atoms with E-state index in [0.29, 0.717) is 0 Å². The Morgan fingerprint density at radius 1 is 1.18 bits per heavy atom. The predicted molar refractivity (Wildman–Crippen MR) is 50.3 cm³/mol. The summed E-state index contributed by atoms with van der Waals surface area (Å²) in [5.41, 5.74) is 0. The summed E-state index contributed by atoms with van der Waals surface area (Å²) in [6.45, 7) is 4.63. The van der Waals surface area contributed by atoms with Gasteiger partial charge in [0.25, 0.3) is 0 Å². The zero-order valence-electron chi connectivity index (χ0n) is 7.56. The highest BCUT2D eigenvalue weighted by Gasteiger charge is 2.35. The number of hydrogen-bond acceptors (Lipinski definition) is 1. The molecule has 11 heavy (non-hydrogen) atoms. The van der Waals surface area contributed by atoms with Crippen molar-refractivity contribution in [3.63, 3.8) is 0 Å². The van der Waals surface area contributed by atoms with Crippen LogP contribution in [0, 0.1) is 11.3 Å². The highest BCUT2D eigenvalue weighted by atomic mass is 28.3. The molecule has 1 rings (SSSR count). The van der Waals surface area contributed by atoms with Gasteiger partial charge < -0.3 is 0 Å². The molecule has 0 unspecified atom stereocenters. The Morgan fingerprint density at radius 2 is 1.73 bits per heavy atom. The minimum atomic E-state index is -0.749. The van der Waals surface area contributed by atoms with Crippen molar-refractivity contribution in [1.82, 2.24) is 0 Å². The second kappa shape index (κ2) is 3.40. The Labute approximate surface area is 71.0 Å². The lowest BCUT2D eigenvalue weighted by molar-refractivity contribution is 0.435. The highest BCUT2D eigenvalue weighted by Crippen LogP contribution is 2.44. The average molecular weight is 167 g/mol. The van der Waals surface area contributed by atoms with Gasteiger partial charge >= 0.3 is 0 Å². The van der Waals surface area contributed by atoms with Gasteiger partial charge in [-0.15, -0.1) is 0 Å². The van der Waals surface area contributed by atoms with Gasteiger partial charge in [0, 0.05) is 5.04 Å². The fourth-order valence-electron chi connectivity index (χ4n) is 2.00. The maximum atomic E-state index is 9.10. The van der Waals surface area contributed by atoms with E-state index >= 15 is 0 Å². The van der Waals surface area contributed by atoms with Crippen molar-refractivity contribution in [2.75, 3.05) is 0 Å². The summed E-state index contributed by atoms with van der Waals surface area (Å²) in [4.78, 5) is 0. The third-order valence-electron chi connectivity index (χ3n) is 3.07. The molecule has 0 aliphatic heterocycles. The molecule has 1 fully saturated rings. The van der Waals surface area contributed by atoms with E-state index in [1.807, 2.05) is 0 Å². The normalized spacial score (nSPS) is 23.1. The standard InChI is InChI=1S/C9H17NSi/c1-11(2)9(8-10)6-4-3-5-7-9/h11H,3-7H2,1-2H3. The van der Waals surface area contributed by atoms with Crippen LogP contribution in [-0.4, -0.2) is 8.80 Å². The summed E-state index contributed by atoms with van der Waals surface area (Å²) in [7, 11) is -0.749. The van der Waals surface area contributed by atoms with E-state index in [9.17, 15) is 0 Å². The number of rotatable bonds is 1. The van der Waals surface area contributed by atoms with Crippen molar-refractivity contribution >= 4 is 8.80 Å². The zero-order chi connectivity index (χ0) is 8.32. The van der Waals surface area contributed by atoms with Gasteiger partial charge in [-0.3, -0.25) is 0 Å². The molecule has 0 aromatic rings. The Kier molecular flexibility index (Phi) is 2.72.